The highest BCUT2D eigenvalue weighted by molar-refractivity contribution is 6.09. The van der Waals surface area contributed by atoms with Gasteiger partial charge in [0.1, 0.15) is 23.1 Å². The number of hydrogen-bond acceptors (Lipinski definition) is 5. The smallest absolute Gasteiger partial charge is 0.266 e. The highest BCUT2D eigenvalue weighted by atomic mass is 16.5. The minimum Gasteiger partial charge on any atom is -0.496 e. The number of rotatable bonds is 9. The number of ether oxygens (including phenoxy) is 2. The van der Waals surface area contributed by atoms with Gasteiger partial charge in [-0.3, -0.25) is 4.79 Å². The number of benzene rings is 2. The molecule has 30 heavy (non-hydrogen) atoms. The summed E-state index contributed by atoms with van der Waals surface area (Å²) in [7, 11) is 1.57. The fourth-order valence-electron chi connectivity index (χ4n) is 3.03. The summed E-state index contributed by atoms with van der Waals surface area (Å²) in [6.07, 6.45) is 1.56. The average molecular weight is 408 g/mol. The van der Waals surface area contributed by atoms with E-state index in [2.05, 4.69) is 24.1 Å². The summed E-state index contributed by atoms with van der Waals surface area (Å²) < 4.78 is 11.1. The van der Waals surface area contributed by atoms with E-state index in [1.807, 2.05) is 44.2 Å². The molecule has 6 nitrogen and oxygen atoms in total. The molecule has 2 rings (SSSR count). The lowest BCUT2D eigenvalue weighted by molar-refractivity contribution is -0.112. The van der Waals surface area contributed by atoms with Gasteiger partial charge in [-0.2, -0.15) is 5.26 Å². The normalized spacial score (nSPS) is 11.0. The Morgan fingerprint density at radius 3 is 2.53 bits per heavy atom. The SMILES string of the molecule is CCN(CC)c1ccc(/C=C(/C#N)C(=O)Nc2cccc(OC(C)C)c2)c(OC)c1. The van der Waals surface area contributed by atoms with Crippen LogP contribution in [-0.2, 0) is 4.79 Å². The Kier molecular flexibility index (Phi) is 8.30. The molecule has 0 atom stereocenters. The molecule has 0 fully saturated rings. The maximum absolute atomic E-state index is 12.7. The second-order valence-electron chi connectivity index (χ2n) is 6.92. The maximum atomic E-state index is 12.7. The van der Waals surface area contributed by atoms with Crippen molar-refractivity contribution in [2.24, 2.45) is 0 Å². The summed E-state index contributed by atoms with van der Waals surface area (Å²) in [4.78, 5) is 14.9. The number of nitrogens with zero attached hydrogens (tertiary/aromatic N) is 2. The first-order valence-corrected chi connectivity index (χ1v) is 10.0. The Hall–Kier alpha value is -3.46. The lowest BCUT2D eigenvalue weighted by Crippen LogP contribution is -2.21. The van der Waals surface area contributed by atoms with Crippen molar-refractivity contribution in [3.8, 4) is 17.6 Å². The van der Waals surface area contributed by atoms with Crippen molar-refractivity contribution in [2.45, 2.75) is 33.8 Å². The van der Waals surface area contributed by atoms with Crippen molar-refractivity contribution < 1.29 is 14.3 Å². The average Bonchev–Trinajstić information content (AvgIpc) is 2.73. The second kappa shape index (κ2) is 10.9. The zero-order valence-corrected chi connectivity index (χ0v) is 18.2. The van der Waals surface area contributed by atoms with Crippen LogP contribution in [0.25, 0.3) is 6.08 Å². The van der Waals surface area contributed by atoms with Crippen LogP contribution in [0.5, 0.6) is 11.5 Å². The largest absolute Gasteiger partial charge is 0.496 e. The van der Waals surface area contributed by atoms with Crippen molar-refractivity contribution >= 4 is 23.4 Å². The number of nitrogens with one attached hydrogen (secondary N) is 1. The van der Waals surface area contributed by atoms with Crippen LogP contribution in [0, 0.1) is 11.3 Å². The van der Waals surface area contributed by atoms with Gasteiger partial charge in [-0.05, 0) is 58.0 Å². The van der Waals surface area contributed by atoms with E-state index < -0.39 is 5.91 Å². The molecular formula is C24H29N3O3. The number of carbonyl (C=O) groups is 1. The fourth-order valence-corrected chi connectivity index (χ4v) is 3.03. The zero-order chi connectivity index (χ0) is 22.1. The maximum Gasteiger partial charge on any atom is 0.266 e. The van der Waals surface area contributed by atoms with Gasteiger partial charge < -0.3 is 19.7 Å². The first-order valence-electron chi connectivity index (χ1n) is 10.0. The minimum absolute atomic E-state index is 0.0147. The highest BCUT2D eigenvalue weighted by Crippen LogP contribution is 2.28. The van der Waals surface area contributed by atoms with Crippen molar-refractivity contribution in [2.75, 3.05) is 30.4 Å². The van der Waals surface area contributed by atoms with Crippen LogP contribution in [0.1, 0.15) is 33.3 Å². The summed E-state index contributed by atoms with van der Waals surface area (Å²) >= 11 is 0. The van der Waals surface area contributed by atoms with E-state index in [0.717, 1.165) is 18.8 Å². The van der Waals surface area contributed by atoms with Gasteiger partial charge in [0.25, 0.3) is 5.91 Å². The van der Waals surface area contributed by atoms with E-state index in [0.29, 0.717) is 22.7 Å². The molecule has 0 heterocycles. The summed E-state index contributed by atoms with van der Waals surface area (Å²) in [5, 5.41) is 12.3. The first kappa shape index (κ1) is 22.8. The molecule has 158 valence electrons. The Bertz CT molecular complexity index is 941. The molecule has 0 unspecified atom stereocenters. The standard InChI is InChI=1S/C24H29N3O3/c1-6-27(7-2)21-12-11-18(23(15-21)29-5)13-19(16-25)24(28)26-20-9-8-10-22(14-20)30-17(3)4/h8-15,17H,6-7H2,1-5H3,(H,26,28)/b19-13-. The monoisotopic (exact) mass is 407 g/mol. The first-order chi connectivity index (χ1) is 14.4. The van der Waals surface area contributed by atoms with E-state index in [1.54, 1.807) is 25.3 Å². The number of carbonyl (C=O) groups excluding carboxylic acids is 1. The van der Waals surface area contributed by atoms with Crippen molar-refractivity contribution in [3.63, 3.8) is 0 Å². The molecule has 0 aliphatic rings. The van der Waals surface area contributed by atoms with Crippen LogP contribution in [0.15, 0.2) is 48.0 Å². The van der Waals surface area contributed by atoms with Gasteiger partial charge >= 0.3 is 0 Å². The summed E-state index contributed by atoms with van der Waals surface area (Å²) in [6.45, 7) is 9.79. The van der Waals surface area contributed by atoms with Gasteiger partial charge in [-0.1, -0.05) is 6.07 Å². The van der Waals surface area contributed by atoms with Crippen LogP contribution in [0.4, 0.5) is 11.4 Å². The number of hydrogen-bond donors (Lipinski definition) is 1. The molecule has 0 radical (unpaired) electrons. The third-order valence-corrected chi connectivity index (χ3v) is 4.47. The van der Waals surface area contributed by atoms with Gasteiger partial charge in [-0.15, -0.1) is 0 Å². The van der Waals surface area contributed by atoms with E-state index >= 15 is 0 Å². The lowest BCUT2D eigenvalue weighted by atomic mass is 10.1. The molecule has 0 spiro atoms. The van der Waals surface area contributed by atoms with Gasteiger partial charge in [-0.25, -0.2) is 0 Å². The minimum atomic E-state index is -0.492. The van der Waals surface area contributed by atoms with E-state index in [9.17, 15) is 10.1 Å². The van der Waals surface area contributed by atoms with Crippen LogP contribution in [0.2, 0.25) is 0 Å². The van der Waals surface area contributed by atoms with Crippen LogP contribution >= 0.6 is 0 Å². The van der Waals surface area contributed by atoms with Gasteiger partial charge in [0.2, 0.25) is 0 Å². The number of methoxy groups -OCH3 is 1. The van der Waals surface area contributed by atoms with Gasteiger partial charge in [0.05, 0.1) is 13.2 Å². The molecule has 1 N–H and O–H groups in total. The summed E-state index contributed by atoms with van der Waals surface area (Å²) in [5.74, 6) is 0.764. The highest BCUT2D eigenvalue weighted by Gasteiger charge is 2.13. The van der Waals surface area contributed by atoms with Crippen molar-refractivity contribution in [1.82, 2.24) is 0 Å². The molecular weight excluding hydrogens is 378 g/mol. The van der Waals surface area contributed by atoms with Crippen LogP contribution in [0.3, 0.4) is 0 Å². The molecule has 0 saturated heterocycles. The van der Waals surface area contributed by atoms with Crippen molar-refractivity contribution in [3.05, 3.63) is 53.6 Å². The third kappa shape index (κ3) is 6.02. The molecule has 1 amide bonds. The van der Waals surface area contributed by atoms with E-state index in [1.165, 1.54) is 6.08 Å². The number of amides is 1. The Morgan fingerprint density at radius 2 is 1.93 bits per heavy atom. The third-order valence-electron chi connectivity index (χ3n) is 4.47. The Balaban J connectivity index is 2.26. The molecule has 2 aromatic carbocycles. The topological polar surface area (TPSA) is 74.6 Å². The molecule has 0 aliphatic heterocycles. The number of nitriles is 1. The zero-order valence-electron chi connectivity index (χ0n) is 18.2. The quantitative estimate of drug-likeness (QED) is 0.474. The van der Waals surface area contributed by atoms with E-state index in [4.69, 9.17) is 9.47 Å². The lowest BCUT2D eigenvalue weighted by Gasteiger charge is -2.22. The van der Waals surface area contributed by atoms with Crippen LogP contribution < -0.4 is 19.7 Å². The van der Waals surface area contributed by atoms with Gasteiger partial charge in [0, 0.05) is 42.2 Å². The predicted molar refractivity (Wildman–Crippen MR) is 121 cm³/mol. The Labute approximate surface area is 178 Å². The summed E-state index contributed by atoms with van der Waals surface area (Å²) in [5.41, 5.74) is 2.23. The number of anilines is 2. The second-order valence-corrected chi connectivity index (χ2v) is 6.92. The fraction of sp³-hybridized carbons (Fsp3) is 0.333. The molecule has 6 heteroatoms. The summed E-state index contributed by atoms with van der Waals surface area (Å²) in [6, 6.07) is 14.8. The molecule has 0 aliphatic carbocycles. The molecule has 2 aromatic rings. The Morgan fingerprint density at radius 1 is 1.20 bits per heavy atom. The van der Waals surface area contributed by atoms with Crippen molar-refractivity contribution in [1.29, 1.82) is 5.26 Å². The van der Waals surface area contributed by atoms with Gasteiger partial charge in [0.15, 0.2) is 0 Å². The predicted octanol–water partition coefficient (Wildman–Crippen LogP) is 4.87. The van der Waals surface area contributed by atoms with Crippen LogP contribution in [-0.4, -0.2) is 32.2 Å². The molecule has 0 saturated carbocycles. The molecule has 0 aromatic heterocycles. The molecule has 0 bridgehead atoms. The van der Waals surface area contributed by atoms with E-state index in [-0.39, 0.29) is 11.7 Å².